The lowest BCUT2D eigenvalue weighted by molar-refractivity contribution is -0.144. The van der Waals surface area contributed by atoms with Gasteiger partial charge in [0.2, 0.25) is 5.82 Å². The van der Waals surface area contributed by atoms with Crippen molar-refractivity contribution >= 4 is 57.3 Å². The zero-order chi connectivity index (χ0) is 25.4. The van der Waals surface area contributed by atoms with Gasteiger partial charge in [0.05, 0.1) is 27.2 Å². The number of furan rings is 1. The Bertz CT molecular complexity index is 1670. The van der Waals surface area contributed by atoms with E-state index >= 15 is 0 Å². The van der Waals surface area contributed by atoms with Crippen LogP contribution < -0.4 is 10.3 Å². The number of nitrogens with zero attached hydrogens (tertiary/aromatic N) is 3. The van der Waals surface area contributed by atoms with Gasteiger partial charge in [-0.05, 0) is 48.9 Å². The number of rotatable bonds is 6. The molecule has 0 saturated heterocycles. The maximum Gasteiger partial charge on any atom is 0.344 e. The van der Waals surface area contributed by atoms with Crippen LogP contribution >= 0.6 is 23.2 Å². The molecule has 2 heterocycles. The fourth-order valence-electron chi connectivity index (χ4n) is 3.60. The summed E-state index contributed by atoms with van der Waals surface area (Å²) >= 11 is 12.6. The molecule has 8 nitrogen and oxygen atoms in total. The van der Waals surface area contributed by atoms with Gasteiger partial charge in [-0.3, -0.25) is 4.79 Å². The lowest BCUT2D eigenvalue weighted by atomic mass is 10.2. The van der Waals surface area contributed by atoms with Crippen molar-refractivity contribution in [1.82, 2.24) is 9.66 Å². The molecule has 0 radical (unpaired) electrons. The first-order valence-electron chi connectivity index (χ1n) is 10.8. The van der Waals surface area contributed by atoms with E-state index < -0.39 is 12.1 Å². The number of hydrogen-bond donors (Lipinski definition) is 1. The summed E-state index contributed by atoms with van der Waals surface area (Å²) in [5, 5.41) is 14.9. The first-order valence-corrected chi connectivity index (χ1v) is 11.5. The Labute approximate surface area is 214 Å². The molecule has 5 rings (SSSR count). The quantitative estimate of drug-likeness (QED) is 0.281. The van der Waals surface area contributed by atoms with Crippen LogP contribution in [0.3, 0.4) is 0 Å². The number of aliphatic carboxylic acids is 1. The van der Waals surface area contributed by atoms with E-state index in [0.717, 1.165) is 10.1 Å². The Hall–Kier alpha value is -4.14. The van der Waals surface area contributed by atoms with Crippen LogP contribution in [0.5, 0.6) is 5.75 Å². The number of benzene rings is 3. The topological polar surface area (TPSA) is 107 Å². The highest BCUT2D eigenvalue weighted by atomic mass is 35.5. The fraction of sp³-hybridized carbons (Fsp3) is 0.0769. The molecule has 0 spiro atoms. The molecule has 0 aliphatic rings. The number of ether oxygens (including phenoxy) is 1. The number of carbonyl (C=O) groups is 1. The second kappa shape index (κ2) is 9.49. The Morgan fingerprint density at radius 3 is 2.53 bits per heavy atom. The molecule has 0 unspecified atom stereocenters. The van der Waals surface area contributed by atoms with Gasteiger partial charge in [0, 0.05) is 5.39 Å². The summed E-state index contributed by atoms with van der Waals surface area (Å²) in [6, 6.07) is 19.2. The summed E-state index contributed by atoms with van der Waals surface area (Å²) < 4.78 is 12.5. The molecule has 0 aliphatic carbocycles. The van der Waals surface area contributed by atoms with Crippen molar-refractivity contribution in [3.8, 4) is 17.3 Å². The van der Waals surface area contributed by atoms with E-state index in [-0.39, 0.29) is 27.2 Å². The molecular formula is C26H17Cl2N3O5. The minimum Gasteiger partial charge on any atom is -0.479 e. The summed E-state index contributed by atoms with van der Waals surface area (Å²) in [4.78, 5) is 29.1. The van der Waals surface area contributed by atoms with Crippen LogP contribution in [0.2, 0.25) is 10.0 Å². The number of aromatic nitrogens is 2. The van der Waals surface area contributed by atoms with E-state index in [1.807, 2.05) is 24.3 Å². The highest BCUT2D eigenvalue weighted by molar-refractivity contribution is 6.37. The minimum atomic E-state index is -1.16. The molecule has 0 aliphatic heterocycles. The van der Waals surface area contributed by atoms with E-state index in [1.165, 1.54) is 25.3 Å². The van der Waals surface area contributed by atoms with Gasteiger partial charge in [-0.15, -0.1) is 0 Å². The average molecular weight is 522 g/mol. The van der Waals surface area contributed by atoms with Crippen molar-refractivity contribution < 1.29 is 19.1 Å². The molecule has 0 fully saturated rings. The van der Waals surface area contributed by atoms with Crippen LogP contribution in [0.1, 0.15) is 12.5 Å². The van der Waals surface area contributed by atoms with Crippen LogP contribution in [-0.4, -0.2) is 33.1 Å². The van der Waals surface area contributed by atoms with Gasteiger partial charge in [-0.1, -0.05) is 53.5 Å². The number of para-hydroxylation sites is 2. The van der Waals surface area contributed by atoms with Crippen molar-refractivity contribution in [3.05, 3.63) is 92.7 Å². The maximum absolute atomic E-state index is 13.4. The Morgan fingerprint density at radius 1 is 1.11 bits per heavy atom. The predicted molar refractivity (Wildman–Crippen MR) is 138 cm³/mol. The van der Waals surface area contributed by atoms with E-state index in [2.05, 4.69) is 10.1 Å². The summed E-state index contributed by atoms with van der Waals surface area (Å²) in [6.07, 6.45) is 0.250. The molecule has 0 bridgehead atoms. The first-order chi connectivity index (χ1) is 17.3. The standard InChI is InChI=1S/C26H17Cl2N3O5/c1-14(26(33)34)35-23-18(27)10-15(11-19(23)28)13-29-31-24(22-12-16-6-2-5-9-21(16)36-22)30-20-8-4-3-7-17(20)25(31)32/h2-14H,1H3,(H,33,34)/t14-/m1/s1. The number of carboxylic acids is 1. The van der Waals surface area contributed by atoms with E-state index in [4.69, 9.17) is 37.5 Å². The van der Waals surface area contributed by atoms with Gasteiger partial charge in [-0.2, -0.15) is 9.78 Å². The molecule has 2 aromatic heterocycles. The SMILES string of the molecule is C[C@@H](Oc1c(Cl)cc(C=Nn2c(-c3cc4ccccc4o3)nc3ccccc3c2=O)cc1Cl)C(=O)O. The predicted octanol–water partition coefficient (Wildman–Crippen LogP) is 5.85. The summed E-state index contributed by atoms with van der Waals surface area (Å²) in [7, 11) is 0. The number of halogens is 2. The zero-order valence-electron chi connectivity index (χ0n) is 18.7. The second-order valence-corrected chi connectivity index (χ2v) is 8.69. The van der Waals surface area contributed by atoms with E-state index in [9.17, 15) is 9.59 Å². The van der Waals surface area contributed by atoms with Gasteiger partial charge in [0.15, 0.2) is 17.6 Å². The number of fused-ring (bicyclic) bond motifs is 2. The highest BCUT2D eigenvalue weighted by Crippen LogP contribution is 2.35. The van der Waals surface area contributed by atoms with Crippen LogP contribution in [0, 0.1) is 0 Å². The number of carboxylic acid groups (broad SMARTS) is 1. The van der Waals surface area contributed by atoms with Crippen molar-refractivity contribution in [2.24, 2.45) is 5.10 Å². The van der Waals surface area contributed by atoms with Crippen molar-refractivity contribution in [2.45, 2.75) is 13.0 Å². The Kier molecular flexibility index (Phi) is 6.22. The monoisotopic (exact) mass is 521 g/mol. The lowest BCUT2D eigenvalue weighted by Gasteiger charge is -2.14. The Balaban J connectivity index is 1.61. The van der Waals surface area contributed by atoms with E-state index in [1.54, 1.807) is 30.3 Å². The molecular weight excluding hydrogens is 505 g/mol. The fourth-order valence-corrected chi connectivity index (χ4v) is 4.19. The summed E-state index contributed by atoms with van der Waals surface area (Å²) in [5.74, 6) is -0.524. The molecule has 5 aromatic rings. The molecule has 36 heavy (non-hydrogen) atoms. The summed E-state index contributed by atoms with van der Waals surface area (Å²) in [5.41, 5.74) is 1.22. The van der Waals surface area contributed by atoms with Crippen LogP contribution in [0.25, 0.3) is 33.5 Å². The molecule has 1 atom stereocenters. The van der Waals surface area contributed by atoms with Crippen molar-refractivity contribution in [3.63, 3.8) is 0 Å². The third-order valence-electron chi connectivity index (χ3n) is 5.38. The van der Waals surface area contributed by atoms with Gasteiger partial charge >= 0.3 is 5.97 Å². The first kappa shape index (κ1) is 23.6. The maximum atomic E-state index is 13.4. The normalized spacial score (nSPS) is 12.4. The zero-order valence-corrected chi connectivity index (χ0v) is 20.2. The largest absolute Gasteiger partial charge is 0.479 e. The van der Waals surface area contributed by atoms with Gasteiger partial charge in [0.1, 0.15) is 5.58 Å². The molecule has 180 valence electrons. The van der Waals surface area contributed by atoms with Crippen molar-refractivity contribution in [1.29, 1.82) is 0 Å². The summed E-state index contributed by atoms with van der Waals surface area (Å²) in [6.45, 7) is 1.36. The van der Waals surface area contributed by atoms with E-state index in [0.29, 0.717) is 27.8 Å². The smallest absolute Gasteiger partial charge is 0.344 e. The van der Waals surface area contributed by atoms with Gasteiger partial charge in [0.25, 0.3) is 5.56 Å². The second-order valence-electron chi connectivity index (χ2n) is 7.87. The lowest BCUT2D eigenvalue weighted by Crippen LogP contribution is -2.23. The number of hydrogen-bond acceptors (Lipinski definition) is 6. The van der Waals surface area contributed by atoms with Gasteiger partial charge < -0.3 is 14.3 Å². The third kappa shape index (κ3) is 4.44. The van der Waals surface area contributed by atoms with Gasteiger partial charge in [-0.25, -0.2) is 9.78 Å². The van der Waals surface area contributed by atoms with Crippen molar-refractivity contribution in [2.75, 3.05) is 0 Å². The third-order valence-corrected chi connectivity index (χ3v) is 5.95. The molecule has 0 saturated carbocycles. The van der Waals surface area contributed by atoms with Crippen LogP contribution in [-0.2, 0) is 4.79 Å². The minimum absolute atomic E-state index is 0.0397. The molecule has 3 aromatic carbocycles. The highest BCUT2D eigenvalue weighted by Gasteiger charge is 2.19. The molecule has 1 N–H and O–H groups in total. The van der Waals surface area contributed by atoms with Crippen LogP contribution in [0.4, 0.5) is 0 Å². The van der Waals surface area contributed by atoms with Crippen LogP contribution in [0.15, 0.2) is 81.0 Å². The molecule has 10 heteroatoms. The molecule has 0 amide bonds. The Morgan fingerprint density at radius 2 is 1.81 bits per heavy atom. The average Bonchev–Trinajstić information content (AvgIpc) is 3.29.